The van der Waals surface area contributed by atoms with Gasteiger partial charge >= 0.3 is 5.97 Å². The smallest absolute Gasteiger partial charge is 0.328 e. The standard InChI is InChI=1S/C24H23NO4/c1-29-24(28)20(16-19-14-8-9-15-21(19)26)25-23(27)22(17-10-4-2-5-11-17)18-12-6-3-7-13-18/h2-15,20,22,26H,16H2,1H3,(H,25,27). The quantitative estimate of drug-likeness (QED) is 0.607. The lowest BCUT2D eigenvalue weighted by atomic mass is 9.90. The van der Waals surface area contributed by atoms with E-state index in [1.807, 2.05) is 60.7 Å². The Kier molecular flexibility index (Phi) is 6.63. The molecule has 0 spiro atoms. The molecule has 0 aliphatic heterocycles. The molecule has 5 nitrogen and oxygen atoms in total. The monoisotopic (exact) mass is 389 g/mol. The van der Waals surface area contributed by atoms with Crippen molar-refractivity contribution in [2.45, 2.75) is 18.4 Å². The summed E-state index contributed by atoms with van der Waals surface area (Å²) in [6, 6.07) is 24.6. The first kappa shape index (κ1) is 20.1. The van der Waals surface area contributed by atoms with Crippen LogP contribution in [0, 0.1) is 0 Å². The van der Waals surface area contributed by atoms with Crippen molar-refractivity contribution in [3.8, 4) is 5.75 Å². The van der Waals surface area contributed by atoms with E-state index in [1.54, 1.807) is 24.3 Å². The number of esters is 1. The highest BCUT2D eigenvalue weighted by molar-refractivity contribution is 5.91. The first-order valence-corrected chi connectivity index (χ1v) is 9.35. The number of carbonyl (C=O) groups excluding carboxylic acids is 2. The summed E-state index contributed by atoms with van der Waals surface area (Å²) in [4.78, 5) is 25.6. The maximum atomic E-state index is 13.3. The van der Waals surface area contributed by atoms with Crippen LogP contribution in [0.2, 0.25) is 0 Å². The lowest BCUT2D eigenvalue weighted by Crippen LogP contribution is -2.45. The highest BCUT2D eigenvalue weighted by Crippen LogP contribution is 2.25. The number of amides is 1. The molecular formula is C24H23NO4. The summed E-state index contributed by atoms with van der Waals surface area (Å²) >= 11 is 0. The van der Waals surface area contributed by atoms with E-state index in [1.165, 1.54) is 7.11 Å². The van der Waals surface area contributed by atoms with Crippen molar-refractivity contribution in [2.24, 2.45) is 0 Å². The second-order valence-corrected chi connectivity index (χ2v) is 6.67. The first-order valence-electron chi connectivity index (χ1n) is 9.35. The summed E-state index contributed by atoms with van der Waals surface area (Å²) in [5.74, 6) is -1.39. The van der Waals surface area contributed by atoms with Gasteiger partial charge in [-0.2, -0.15) is 0 Å². The topological polar surface area (TPSA) is 75.6 Å². The molecule has 2 N–H and O–H groups in total. The van der Waals surface area contributed by atoms with Crippen LogP contribution in [-0.4, -0.2) is 30.1 Å². The van der Waals surface area contributed by atoms with Crippen molar-refractivity contribution in [1.29, 1.82) is 0 Å². The third kappa shape index (κ3) is 5.02. The van der Waals surface area contributed by atoms with Gasteiger partial charge in [0.15, 0.2) is 0 Å². The van der Waals surface area contributed by atoms with Crippen LogP contribution in [0.1, 0.15) is 22.6 Å². The van der Waals surface area contributed by atoms with Crippen LogP contribution < -0.4 is 5.32 Å². The number of hydrogen-bond acceptors (Lipinski definition) is 4. The second-order valence-electron chi connectivity index (χ2n) is 6.67. The predicted molar refractivity (Wildman–Crippen MR) is 110 cm³/mol. The number of carbonyl (C=O) groups is 2. The van der Waals surface area contributed by atoms with Gasteiger partial charge in [0.1, 0.15) is 11.8 Å². The summed E-state index contributed by atoms with van der Waals surface area (Å²) in [5.41, 5.74) is 2.20. The Labute approximate surface area is 170 Å². The molecule has 3 aromatic carbocycles. The molecule has 0 heterocycles. The van der Waals surface area contributed by atoms with E-state index in [9.17, 15) is 14.7 Å². The molecule has 29 heavy (non-hydrogen) atoms. The molecule has 1 unspecified atom stereocenters. The fraction of sp³-hybridized carbons (Fsp3) is 0.167. The van der Waals surface area contributed by atoms with E-state index in [-0.39, 0.29) is 18.1 Å². The van der Waals surface area contributed by atoms with Gasteiger partial charge in [0.25, 0.3) is 0 Å². The van der Waals surface area contributed by atoms with Crippen molar-refractivity contribution in [3.63, 3.8) is 0 Å². The van der Waals surface area contributed by atoms with Crippen molar-refractivity contribution in [3.05, 3.63) is 102 Å². The van der Waals surface area contributed by atoms with Crippen LogP contribution in [0.15, 0.2) is 84.9 Å². The summed E-state index contributed by atoms with van der Waals surface area (Å²) in [5, 5.41) is 12.9. The Morgan fingerprint density at radius 2 is 1.38 bits per heavy atom. The van der Waals surface area contributed by atoms with E-state index in [0.717, 1.165) is 11.1 Å². The van der Waals surface area contributed by atoms with E-state index >= 15 is 0 Å². The Bertz CT molecular complexity index is 917. The molecular weight excluding hydrogens is 366 g/mol. The predicted octanol–water partition coefficient (Wildman–Crippen LogP) is 3.42. The van der Waals surface area contributed by atoms with E-state index in [0.29, 0.717) is 5.56 Å². The molecule has 5 heteroatoms. The Hall–Kier alpha value is -3.60. The van der Waals surface area contributed by atoms with Gasteiger partial charge in [-0.3, -0.25) is 4.79 Å². The average molecular weight is 389 g/mol. The number of phenols is 1. The van der Waals surface area contributed by atoms with Gasteiger partial charge in [-0.15, -0.1) is 0 Å². The van der Waals surface area contributed by atoms with Crippen molar-refractivity contribution >= 4 is 11.9 Å². The number of rotatable bonds is 7. The molecule has 3 aromatic rings. The third-order valence-corrected chi connectivity index (χ3v) is 4.75. The Morgan fingerprint density at radius 3 is 1.90 bits per heavy atom. The maximum Gasteiger partial charge on any atom is 0.328 e. The van der Waals surface area contributed by atoms with Gasteiger partial charge in [-0.25, -0.2) is 4.79 Å². The largest absolute Gasteiger partial charge is 0.508 e. The molecule has 0 aromatic heterocycles. The molecule has 0 radical (unpaired) electrons. The van der Waals surface area contributed by atoms with Crippen LogP contribution in [0.4, 0.5) is 0 Å². The summed E-state index contributed by atoms with van der Waals surface area (Å²) in [6.45, 7) is 0. The zero-order valence-corrected chi connectivity index (χ0v) is 16.1. The van der Waals surface area contributed by atoms with Crippen molar-refractivity contribution in [2.75, 3.05) is 7.11 Å². The third-order valence-electron chi connectivity index (χ3n) is 4.75. The van der Waals surface area contributed by atoms with Gasteiger partial charge < -0.3 is 15.2 Å². The lowest BCUT2D eigenvalue weighted by molar-refractivity contribution is -0.145. The zero-order valence-electron chi connectivity index (χ0n) is 16.1. The van der Waals surface area contributed by atoms with E-state index in [2.05, 4.69) is 5.32 Å². The molecule has 148 valence electrons. The molecule has 0 fully saturated rings. The normalized spacial score (nSPS) is 11.7. The number of aromatic hydroxyl groups is 1. The fourth-order valence-corrected chi connectivity index (χ4v) is 3.28. The van der Waals surface area contributed by atoms with Gasteiger partial charge in [-0.05, 0) is 22.8 Å². The fourth-order valence-electron chi connectivity index (χ4n) is 3.28. The molecule has 0 bridgehead atoms. The highest BCUT2D eigenvalue weighted by atomic mass is 16.5. The number of benzene rings is 3. The van der Waals surface area contributed by atoms with Crippen LogP contribution in [0.3, 0.4) is 0 Å². The van der Waals surface area contributed by atoms with Crippen LogP contribution >= 0.6 is 0 Å². The molecule has 1 atom stereocenters. The summed E-state index contributed by atoms with van der Waals surface area (Å²) in [7, 11) is 1.28. The van der Waals surface area contributed by atoms with E-state index < -0.39 is 17.9 Å². The van der Waals surface area contributed by atoms with Crippen molar-refractivity contribution in [1.82, 2.24) is 5.32 Å². The van der Waals surface area contributed by atoms with Gasteiger partial charge in [0.2, 0.25) is 5.91 Å². The van der Waals surface area contributed by atoms with Crippen molar-refractivity contribution < 1.29 is 19.4 Å². The van der Waals surface area contributed by atoms with Crippen LogP contribution in [0.5, 0.6) is 5.75 Å². The van der Waals surface area contributed by atoms with Gasteiger partial charge in [0.05, 0.1) is 13.0 Å². The van der Waals surface area contributed by atoms with Crippen LogP contribution in [0.25, 0.3) is 0 Å². The maximum absolute atomic E-state index is 13.3. The molecule has 0 saturated heterocycles. The summed E-state index contributed by atoms with van der Waals surface area (Å²) in [6.07, 6.45) is 0.126. The SMILES string of the molecule is COC(=O)C(Cc1ccccc1O)NC(=O)C(c1ccccc1)c1ccccc1. The van der Waals surface area contributed by atoms with E-state index in [4.69, 9.17) is 4.74 Å². The molecule has 1 amide bonds. The number of para-hydroxylation sites is 1. The minimum Gasteiger partial charge on any atom is -0.508 e. The Morgan fingerprint density at radius 1 is 0.862 bits per heavy atom. The molecule has 0 aliphatic rings. The first-order chi connectivity index (χ1) is 14.1. The van der Waals surface area contributed by atoms with Crippen LogP contribution in [-0.2, 0) is 20.7 Å². The van der Waals surface area contributed by atoms with Gasteiger partial charge in [0, 0.05) is 6.42 Å². The lowest BCUT2D eigenvalue weighted by Gasteiger charge is -2.22. The number of methoxy groups -OCH3 is 1. The number of ether oxygens (including phenoxy) is 1. The average Bonchev–Trinajstić information content (AvgIpc) is 2.76. The van der Waals surface area contributed by atoms with Gasteiger partial charge in [-0.1, -0.05) is 78.9 Å². The highest BCUT2D eigenvalue weighted by Gasteiger charge is 2.29. The summed E-state index contributed by atoms with van der Waals surface area (Å²) < 4.78 is 4.88. The minimum absolute atomic E-state index is 0.0679. The molecule has 3 rings (SSSR count). The Balaban J connectivity index is 1.89. The number of nitrogens with one attached hydrogen (secondary N) is 1. The number of hydrogen-bond donors (Lipinski definition) is 2. The number of phenolic OH excluding ortho intramolecular Hbond substituents is 1. The molecule has 0 aliphatic carbocycles. The second kappa shape index (κ2) is 9.55. The molecule has 0 saturated carbocycles. The zero-order chi connectivity index (χ0) is 20.6. The minimum atomic E-state index is -0.921.